The van der Waals surface area contributed by atoms with Crippen molar-refractivity contribution in [3.8, 4) is 0 Å². The molecule has 1 saturated heterocycles. The molecule has 1 aromatic rings. The number of hydrogen-bond donors (Lipinski definition) is 1. The molecule has 20 heavy (non-hydrogen) atoms. The van der Waals surface area contributed by atoms with Crippen molar-refractivity contribution in [1.29, 1.82) is 0 Å². The molecule has 1 heterocycles. The summed E-state index contributed by atoms with van der Waals surface area (Å²) in [5.74, 6) is 0. The SMILES string of the molecule is CC(Cc1ccccc1)NCC1CN(C(C)C)CCO1. The molecule has 0 spiro atoms. The Balaban J connectivity index is 1.71. The van der Waals surface area contributed by atoms with Gasteiger partial charge >= 0.3 is 0 Å². The lowest BCUT2D eigenvalue weighted by Crippen LogP contribution is -2.50. The van der Waals surface area contributed by atoms with Crippen LogP contribution in [-0.4, -0.2) is 49.3 Å². The molecule has 1 fully saturated rings. The molecule has 3 heteroatoms. The van der Waals surface area contributed by atoms with Gasteiger partial charge in [-0.1, -0.05) is 30.3 Å². The first kappa shape index (κ1) is 15.5. The van der Waals surface area contributed by atoms with Crippen molar-refractivity contribution in [2.45, 2.75) is 45.4 Å². The molecule has 112 valence electrons. The first-order chi connectivity index (χ1) is 9.65. The third-order valence-corrected chi connectivity index (χ3v) is 3.98. The second-order valence-corrected chi connectivity index (χ2v) is 6.08. The van der Waals surface area contributed by atoms with Crippen LogP contribution in [0.15, 0.2) is 30.3 Å². The Kier molecular flexibility index (Phi) is 6.02. The van der Waals surface area contributed by atoms with Gasteiger partial charge in [-0.05, 0) is 32.8 Å². The predicted octanol–water partition coefficient (Wildman–Crippen LogP) is 2.32. The van der Waals surface area contributed by atoms with E-state index in [2.05, 4.69) is 61.3 Å². The summed E-state index contributed by atoms with van der Waals surface area (Å²) in [7, 11) is 0. The molecule has 1 aliphatic rings. The fraction of sp³-hybridized carbons (Fsp3) is 0.647. The molecule has 0 saturated carbocycles. The molecule has 2 unspecified atom stereocenters. The maximum absolute atomic E-state index is 5.85. The van der Waals surface area contributed by atoms with E-state index >= 15 is 0 Å². The molecule has 1 aliphatic heterocycles. The molecule has 3 nitrogen and oxygen atoms in total. The topological polar surface area (TPSA) is 24.5 Å². The molecular formula is C17H28N2O. The van der Waals surface area contributed by atoms with E-state index in [0.29, 0.717) is 18.2 Å². The van der Waals surface area contributed by atoms with Gasteiger partial charge in [0.2, 0.25) is 0 Å². The lowest BCUT2D eigenvalue weighted by molar-refractivity contribution is -0.0379. The molecule has 0 aliphatic carbocycles. The zero-order valence-corrected chi connectivity index (χ0v) is 13.0. The summed E-state index contributed by atoms with van der Waals surface area (Å²) in [6, 6.07) is 11.8. The highest BCUT2D eigenvalue weighted by atomic mass is 16.5. The first-order valence-corrected chi connectivity index (χ1v) is 7.78. The minimum absolute atomic E-state index is 0.323. The van der Waals surface area contributed by atoms with Crippen molar-refractivity contribution in [3.63, 3.8) is 0 Å². The molecule has 0 amide bonds. The van der Waals surface area contributed by atoms with Crippen molar-refractivity contribution in [2.24, 2.45) is 0 Å². The fourth-order valence-electron chi connectivity index (χ4n) is 2.71. The lowest BCUT2D eigenvalue weighted by atomic mass is 10.1. The molecule has 2 atom stereocenters. The van der Waals surface area contributed by atoms with Gasteiger partial charge in [-0.15, -0.1) is 0 Å². The molecule has 1 N–H and O–H groups in total. The third kappa shape index (κ3) is 4.89. The van der Waals surface area contributed by atoms with Crippen LogP contribution in [0.5, 0.6) is 0 Å². The van der Waals surface area contributed by atoms with E-state index in [0.717, 1.165) is 32.7 Å². The van der Waals surface area contributed by atoms with Crippen LogP contribution >= 0.6 is 0 Å². The summed E-state index contributed by atoms with van der Waals surface area (Å²) in [6.07, 6.45) is 1.39. The van der Waals surface area contributed by atoms with Crippen LogP contribution < -0.4 is 5.32 Å². The van der Waals surface area contributed by atoms with E-state index in [9.17, 15) is 0 Å². The standard InChI is InChI=1S/C17H28N2O/c1-14(2)19-9-10-20-17(13-19)12-18-15(3)11-16-7-5-4-6-8-16/h4-8,14-15,17-18H,9-13H2,1-3H3. The van der Waals surface area contributed by atoms with Crippen LogP contribution in [0.2, 0.25) is 0 Å². The lowest BCUT2D eigenvalue weighted by Gasteiger charge is -2.36. The van der Waals surface area contributed by atoms with Gasteiger partial charge in [0, 0.05) is 31.7 Å². The summed E-state index contributed by atoms with van der Waals surface area (Å²) < 4.78 is 5.85. The van der Waals surface area contributed by atoms with Crippen LogP contribution in [0.25, 0.3) is 0 Å². The quantitative estimate of drug-likeness (QED) is 0.863. The normalized spacial score (nSPS) is 22.1. The van der Waals surface area contributed by atoms with Gasteiger partial charge in [-0.3, -0.25) is 4.90 Å². The van der Waals surface area contributed by atoms with Crippen LogP contribution in [-0.2, 0) is 11.2 Å². The largest absolute Gasteiger partial charge is 0.374 e. The van der Waals surface area contributed by atoms with Gasteiger partial charge in [0.05, 0.1) is 12.7 Å². The molecule has 2 rings (SSSR count). The van der Waals surface area contributed by atoms with Crippen LogP contribution in [0.1, 0.15) is 26.3 Å². The Bertz CT molecular complexity index is 380. The summed E-state index contributed by atoms with van der Waals surface area (Å²) in [5.41, 5.74) is 1.39. The summed E-state index contributed by atoms with van der Waals surface area (Å²) >= 11 is 0. The predicted molar refractivity (Wildman–Crippen MR) is 84.1 cm³/mol. The number of ether oxygens (including phenoxy) is 1. The average Bonchev–Trinajstić information content (AvgIpc) is 2.46. The van der Waals surface area contributed by atoms with Crippen molar-refractivity contribution in [2.75, 3.05) is 26.2 Å². The highest BCUT2D eigenvalue weighted by molar-refractivity contribution is 5.15. The molecule has 0 aromatic heterocycles. The highest BCUT2D eigenvalue weighted by Crippen LogP contribution is 2.09. The Morgan fingerprint density at radius 2 is 2.00 bits per heavy atom. The Hall–Kier alpha value is -0.900. The number of rotatable bonds is 6. The Labute approximate surface area is 123 Å². The Morgan fingerprint density at radius 3 is 2.70 bits per heavy atom. The number of nitrogens with one attached hydrogen (secondary N) is 1. The van der Waals surface area contributed by atoms with E-state index in [-0.39, 0.29) is 0 Å². The molecule has 0 radical (unpaired) electrons. The fourth-order valence-corrected chi connectivity index (χ4v) is 2.71. The smallest absolute Gasteiger partial charge is 0.0826 e. The van der Waals surface area contributed by atoms with Crippen LogP contribution in [0, 0.1) is 0 Å². The third-order valence-electron chi connectivity index (χ3n) is 3.98. The van der Waals surface area contributed by atoms with Gasteiger partial charge in [-0.2, -0.15) is 0 Å². The van der Waals surface area contributed by atoms with Gasteiger partial charge < -0.3 is 10.1 Å². The maximum Gasteiger partial charge on any atom is 0.0826 e. The average molecular weight is 276 g/mol. The van der Waals surface area contributed by atoms with Crippen molar-refractivity contribution >= 4 is 0 Å². The van der Waals surface area contributed by atoms with E-state index in [1.807, 2.05) is 0 Å². The zero-order valence-electron chi connectivity index (χ0n) is 13.0. The molecule has 1 aromatic carbocycles. The second kappa shape index (κ2) is 7.77. The molecule has 0 bridgehead atoms. The van der Waals surface area contributed by atoms with Crippen LogP contribution in [0.3, 0.4) is 0 Å². The van der Waals surface area contributed by atoms with Crippen molar-refractivity contribution in [1.82, 2.24) is 10.2 Å². The van der Waals surface area contributed by atoms with Gasteiger partial charge in [-0.25, -0.2) is 0 Å². The molecular weight excluding hydrogens is 248 g/mol. The maximum atomic E-state index is 5.85. The van der Waals surface area contributed by atoms with Gasteiger partial charge in [0.15, 0.2) is 0 Å². The number of benzene rings is 1. The van der Waals surface area contributed by atoms with Crippen LogP contribution in [0.4, 0.5) is 0 Å². The van der Waals surface area contributed by atoms with E-state index in [1.165, 1.54) is 5.56 Å². The summed E-state index contributed by atoms with van der Waals surface area (Å²) in [5, 5.41) is 3.61. The number of nitrogens with zero attached hydrogens (tertiary/aromatic N) is 1. The van der Waals surface area contributed by atoms with Gasteiger partial charge in [0.25, 0.3) is 0 Å². The van der Waals surface area contributed by atoms with E-state index in [1.54, 1.807) is 0 Å². The first-order valence-electron chi connectivity index (χ1n) is 7.78. The number of hydrogen-bond acceptors (Lipinski definition) is 3. The van der Waals surface area contributed by atoms with E-state index < -0.39 is 0 Å². The minimum Gasteiger partial charge on any atom is -0.374 e. The van der Waals surface area contributed by atoms with Gasteiger partial charge in [0.1, 0.15) is 0 Å². The second-order valence-electron chi connectivity index (χ2n) is 6.08. The minimum atomic E-state index is 0.323. The van der Waals surface area contributed by atoms with Crippen molar-refractivity contribution < 1.29 is 4.74 Å². The highest BCUT2D eigenvalue weighted by Gasteiger charge is 2.22. The summed E-state index contributed by atoms with van der Waals surface area (Å²) in [4.78, 5) is 2.50. The Morgan fingerprint density at radius 1 is 1.25 bits per heavy atom. The zero-order chi connectivity index (χ0) is 14.4. The monoisotopic (exact) mass is 276 g/mol. The summed E-state index contributed by atoms with van der Waals surface area (Å²) in [6.45, 7) is 10.7. The number of morpholine rings is 1. The van der Waals surface area contributed by atoms with E-state index in [4.69, 9.17) is 4.74 Å². The van der Waals surface area contributed by atoms with Crippen molar-refractivity contribution in [3.05, 3.63) is 35.9 Å².